The first-order chi connectivity index (χ1) is 15.2. The molecule has 7 nitrogen and oxygen atoms in total. The Labute approximate surface area is 181 Å². The number of likely N-dealkylation sites (tertiary alicyclic amines) is 1. The van der Waals surface area contributed by atoms with Gasteiger partial charge in [0.25, 0.3) is 0 Å². The maximum Gasteiger partial charge on any atom is 0.233 e. The summed E-state index contributed by atoms with van der Waals surface area (Å²) >= 11 is 0. The second-order valence-corrected chi connectivity index (χ2v) is 9.47. The summed E-state index contributed by atoms with van der Waals surface area (Å²) in [5.74, 6) is 0.259. The second-order valence-electron chi connectivity index (χ2n) is 9.47. The van der Waals surface area contributed by atoms with Crippen molar-refractivity contribution in [1.29, 1.82) is 5.26 Å². The van der Waals surface area contributed by atoms with Crippen molar-refractivity contribution < 1.29 is 19.2 Å². The van der Waals surface area contributed by atoms with Crippen LogP contribution in [-0.4, -0.2) is 41.2 Å². The fourth-order valence-electron chi connectivity index (χ4n) is 6.98. The van der Waals surface area contributed by atoms with Gasteiger partial charge in [0, 0.05) is 23.4 Å². The minimum Gasteiger partial charge on any atom is -0.478 e. The summed E-state index contributed by atoms with van der Waals surface area (Å²) in [5, 5.41) is 13.3. The van der Waals surface area contributed by atoms with Crippen molar-refractivity contribution in [3.63, 3.8) is 0 Å². The number of imide groups is 1. The summed E-state index contributed by atoms with van der Waals surface area (Å²) in [6.07, 6.45) is 5.92. The van der Waals surface area contributed by atoms with Gasteiger partial charge >= 0.3 is 0 Å². The molecule has 31 heavy (non-hydrogen) atoms. The number of ether oxygens (including phenoxy) is 1. The number of carbonyl (C=O) groups is 2. The minimum atomic E-state index is -0.250. The summed E-state index contributed by atoms with van der Waals surface area (Å²) in [7, 11) is 0. The summed E-state index contributed by atoms with van der Waals surface area (Å²) in [6, 6.07) is 9.61. The van der Waals surface area contributed by atoms with Crippen molar-refractivity contribution in [2.75, 3.05) is 6.61 Å². The highest BCUT2D eigenvalue weighted by atomic mass is 16.6. The van der Waals surface area contributed by atoms with Crippen LogP contribution in [0.2, 0.25) is 0 Å². The molecule has 1 saturated heterocycles. The first-order valence-corrected chi connectivity index (χ1v) is 11.4. The van der Waals surface area contributed by atoms with Crippen LogP contribution in [0, 0.1) is 40.9 Å². The molecule has 6 atom stereocenters. The summed E-state index contributed by atoms with van der Waals surface area (Å²) in [4.78, 5) is 34.4. The van der Waals surface area contributed by atoms with Crippen LogP contribution >= 0.6 is 0 Å². The summed E-state index contributed by atoms with van der Waals surface area (Å²) in [6.45, 7) is -0.0423. The van der Waals surface area contributed by atoms with Crippen LogP contribution in [0.5, 0.6) is 5.75 Å². The molecular formula is C24H25N3O4. The third-order valence-corrected chi connectivity index (χ3v) is 8.12. The number of nitriles is 1. The molecule has 6 unspecified atom stereocenters. The third kappa shape index (κ3) is 2.60. The smallest absolute Gasteiger partial charge is 0.233 e. The molecule has 2 amide bonds. The van der Waals surface area contributed by atoms with Crippen LogP contribution < -0.4 is 4.74 Å². The van der Waals surface area contributed by atoms with Gasteiger partial charge in [0.2, 0.25) is 11.8 Å². The Morgan fingerprint density at radius 3 is 2.58 bits per heavy atom. The van der Waals surface area contributed by atoms with E-state index in [2.05, 4.69) is 5.16 Å². The van der Waals surface area contributed by atoms with E-state index in [0.717, 1.165) is 43.4 Å². The van der Waals surface area contributed by atoms with Gasteiger partial charge in [-0.1, -0.05) is 36.6 Å². The summed E-state index contributed by atoms with van der Waals surface area (Å²) in [5.41, 5.74) is 1.61. The molecule has 7 heteroatoms. The Morgan fingerprint density at radius 2 is 1.81 bits per heavy atom. The van der Waals surface area contributed by atoms with Gasteiger partial charge in [-0.2, -0.15) is 5.26 Å². The van der Waals surface area contributed by atoms with Gasteiger partial charge in [0.15, 0.2) is 6.61 Å². The van der Waals surface area contributed by atoms with Gasteiger partial charge in [-0.05, 0) is 37.3 Å². The predicted molar refractivity (Wildman–Crippen MR) is 110 cm³/mol. The number of amides is 2. The SMILES string of the molecule is N#CCOc1ccccc1C1=NOC2C3CC(C12)C1C(=O)N(C2CCCCC2)C(=O)C31. The molecule has 0 aromatic heterocycles. The maximum absolute atomic E-state index is 13.5. The maximum atomic E-state index is 13.5. The minimum absolute atomic E-state index is 0.0128. The molecule has 2 heterocycles. The van der Waals surface area contributed by atoms with E-state index in [1.54, 1.807) is 4.90 Å². The van der Waals surface area contributed by atoms with Crippen molar-refractivity contribution in [3.8, 4) is 11.8 Å². The van der Waals surface area contributed by atoms with Crippen LogP contribution in [0.4, 0.5) is 0 Å². The Balaban J connectivity index is 1.30. The highest BCUT2D eigenvalue weighted by molar-refractivity contribution is 6.09. The summed E-state index contributed by atoms with van der Waals surface area (Å²) < 4.78 is 5.62. The number of fused-ring (bicyclic) bond motifs is 8. The van der Waals surface area contributed by atoms with E-state index in [9.17, 15) is 9.59 Å². The molecule has 0 spiro atoms. The Hall–Kier alpha value is -2.88. The number of hydrogen-bond acceptors (Lipinski definition) is 6. The molecule has 3 saturated carbocycles. The van der Waals surface area contributed by atoms with Crippen LogP contribution in [0.15, 0.2) is 29.4 Å². The third-order valence-electron chi connectivity index (χ3n) is 8.12. The Morgan fingerprint density at radius 1 is 1.06 bits per heavy atom. The van der Waals surface area contributed by atoms with Gasteiger partial charge in [-0.3, -0.25) is 14.5 Å². The number of oxime groups is 1. The molecule has 6 rings (SSSR count). The van der Waals surface area contributed by atoms with E-state index in [-0.39, 0.29) is 60.2 Å². The molecule has 160 valence electrons. The van der Waals surface area contributed by atoms with Crippen LogP contribution in [0.3, 0.4) is 0 Å². The van der Waals surface area contributed by atoms with Gasteiger partial charge in [0.1, 0.15) is 17.9 Å². The van der Waals surface area contributed by atoms with Crippen LogP contribution in [0.1, 0.15) is 44.1 Å². The van der Waals surface area contributed by atoms with Gasteiger partial charge < -0.3 is 9.57 Å². The standard InChI is InChI=1S/C24H25N3O4/c25-10-11-30-17-9-5-4-8-14(17)21-20-15-12-16(22(20)31-26-21)19-18(15)23(28)27(24(19)29)13-6-2-1-3-7-13/h4-5,8-9,13,15-16,18-20,22H,1-3,6-7,11-12H2. The van der Waals surface area contributed by atoms with Crippen molar-refractivity contribution in [3.05, 3.63) is 29.8 Å². The lowest BCUT2D eigenvalue weighted by molar-refractivity contribution is -0.144. The molecule has 0 N–H and O–H groups in total. The highest BCUT2D eigenvalue weighted by Gasteiger charge is 2.70. The zero-order valence-electron chi connectivity index (χ0n) is 17.3. The van der Waals surface area contributed by atoms with Crippen molar-refractivity contribution in [2.24, 2.45) is 34.7 Å². The zero-order chi connectivity index (χ0) is 21.1. The number of para-hydroxylation sites is 1. The lowest BCUT2D eigenvalue weighted by Gasteiger charge is -2.30. The molecule has 1 aromatic carbocycles. The van der Waals surface area contributed by atoms with Crippen LogP contribution in [0.25, 0.3) is 0 Å². The number of carbonyl (C=O) groups excluding carboxylic acids is 2. The van der Waals surface area contributed by atoms with E-state index >= 15 is 0 Å². The zero-order valence-corrected chi connectivity index (χ0v) is 17.3. The average Bonchev–Trinajstić information content (AvgIpc) is 3.53. The first-order valence-electron chi connectivity index (χ1n) is 11.4. The quantitative estimate of drug-likeness (QED) is 0.700. The lowest BCUT2D eigenvalue weighted by atomic mass is 9.71. The van der Waals surface area contributed by atoms with E-state index < -0.39 is 0 Å². The molecule has 3 aliphatic carbocycles. The van der Waals surface area contributed by atoms with Crippen molar-refractivity contribution in [1.82, 2.24) is 4.90 Å². The predicted octanol–water partition coefficient (Wildman–Crippen LogP) is 2.89. The van der Waals surface area contributed by atoms with Gasteiger partial charge in [0.05, 0.1) is 17.5 Å². The molecule has 4 fully saturated rings. The van der Waals surface area contributed by atoms with Gasteiger partial charge in [-0.15, -0.1) is 0 Å². The van der Waals surface area contributed by atoms with Gasteiger partial charge in [-0.25, -0.2) is 0 Å². The Bertz CT molecular complexity index is 1010. The fourth-order valence-corrected chi connectivity index (χ4v) is 6.98. The van der Waals surface area contributed by atoms with E-state index in [0.29, 0.717) is 5.75 Å². The Kier molecular flexibility index (Phi) is 4.31. The molecule has 0 radical (unpaired) electrons. The monoisotopic (exact) mass is 419 g/mol. The first kappa shape index (κ1) is 18.9. The van der Waals surface area contributed by atoms with E-state index in [1.807, 2.05) is 30.3 Å². The van der Waals surface area contributed by atoms with E-state index in [1.165, 1.54) is 6.42 Å². The number of rotatable bonds is 4. The lowest BCUT2D eigenvalue weighted by Crippen LogP contribution is -2.42. The van der Waals surface area contributed by atoms with Crippen molar-refractivity contribution in [2.45, 2.75) is 50.7 Å². The number of nitrogens with zero attached hydrogens (tertiary/aromatic N) is 3. The largest absolute Gasteiger partial charge is 0.478 e. The molecule has 5 aliphatic rings. The fraction of sp³-hybridized carbons (Fsp3) is 0.583. The topological polar surface area (TPSA) is 92.0 Å². The van der Waals surface area contributed by atoms with Crippen molar-refractivity contribution >= 4 is 17.5 Å². The normalized spacial score (nSPS) is 36.1. The average molecular weight is 419 g/mol. The molecular weight excluding hydrogens is 394 g/mol. The highest BCUT2D eigenvalue weighted by Crippen LogP contribution is 2.62. The number of benzene rings is 1. The van der Waals surface area contributed by atoms with Crippen LogP contribution in [-0.2, 0) is 14.4 Å². The molecule has 1 aromatic rings. The van der Waals surface area contributed by atoms with E-state index in [4.69, 9.17) is 14.8 Å². The molecule has 2 aliphatic heterocycles. The number of hydrogen-bond donors (Lipinski definition) is 0. The second kappa shape index (κ2) is 7.08. The molecule has 2 bridgehead atoms.